The first kappa shape index (κ1) is 80.9. The summed E-state index contributed by atoms with van der Waals surface area (Å²) >= 11 is 0. The lowest BCUT2D eigenvalue weighted by atomic mass is 9.82. The summed E-state index contributed by atoms with van der Waals surface area (Å²) in [5, 5.41) is 14.4. The number of rotatable bonds is 11. The summed E-state index contributed by atoms with van der Waals surface area (Å²) in [5.74, 6) is 0.660. The van der Waals surface area contributed by atoms with Gasteiger partial charge >= 0.3 is 0 Å². The Labute approximate surface area is 832 Å². The van der Waals surface area contributed by atoms with Gasteiger partial charge in [0.15, 0.2) is 5.82 Å². The van der Waals surface area contributed by atoms with Gasteiger partial charge in [-0.15, -0.1) is 0 Å². The van der Waals surface area contributed by atoms with E-state index in [1.807, 2.05) is 0 Å². The molecule has 31 rings (SSSR count). The van der Waals surface area contributed by atoms with E-state index < -0.39 is 0 Å². The molecule has 0 aliphatic heterocycles. The van der Waals surface area contributed by atoms with Crippen molar-refractivity contribution in [1.82, 2.24) is 32.8 Å². The molecule has 7 nitrogen and oxygen atoms in total. The Morgan fingerprint density at radius 3 is 0.819 bits per heavy atom. The van der Waals surface area contributed by atoms with Crippen LogP contribution in [0, 0.1) is 0 Å². The fourth-order valence-electron chi connectivity index (χ4n) is 26.4. The molecular weight excluding hydrogens is 1740 g/mol. The number of nitrogens with zero attached hydrogens (tertiary/aromatic N) is 7. The second-order valence-electron chi connectivity index (χ2n) is 41.8. The molecule has 0 fully saturated rings. The van der Waals surface area contributed by atoms with Crippen LogP contribution in [0.2, 0.25) is 0 Å². The van der Waals surface area contributed by atoms with Crippen molar-refractivity contribution in [3.63, 3.8) is 0 Å². The van der Waals surface area contributed by atoms with Crippen LogP contribution in [0.25, 0.3) is 271 Å². The Hall–Kier alpha value is -18.0. The van der Waals surface area contributed by atoms with Gasteiger partial charge in [0, 0.05) is 121 Å². The van der Waals surface area contributed by atoms with Gasteiger partial charge < -0.3 is 22.8 Å². The maximum absolute atomic E-state index is 5.82. The summed E-state index contributed by atoms with van der Waals surface area (Å²) < 4.78 is 12.4. The van der Waals surface area contributed by atoms with Crippen LogP contribution >= 0.6 is 0 Å². The van der Waals surface area contributed by atoms with Crippen LogP contribution in [0.3, 0.4) is 0 Å². The lowest BCUT2D eigenvalue weighted by Crippen LogP contribution is -2.15. The maximum Gasteiger partial charge on any atom is 0.160 e. The van der Waals surface area contributed by atoms with Crippen molar-refractivity contribution in [2.45, 2.75) is 57.8 Å². The van der Waals surface area contributed by atoms with Gasteiger partial charge in [-0.1, -0.05) is 327 Å². The molecule has 7 heteroatoms. The zero-order valence-electron chi connectivity index (χ0n) is 80.3. The number of fused-ring (bicyclic) bond motifs is 27. The maximum atomic E-state index is 5.82. The van der Waals surface area contributed by atoms with Crippen LogP contribution in [0.1, 0.15) is 74.9 Å². The van der Waals surface area contributed by atoms with Gasteiger partial charge in [-0.2, -0.15) is 0 Å². The number of hydrogen-bond acceptors (Lipinski definition) is 2. The Morgan fingerprint density at radius 1 is 0.160 bits per heavy atom. The molecule has 0 saturated heterocycles. The zero-order chi connectivity index (χ0) is 95.2. The van der Waals surface area contributed by atoms with Crippen molar-refractivity contribution in [1.29, 1.82) is 0 Å². The van der Waals surface area contributed by atoms with Gasteiger partial charge in [0.05, 0.1) is 66.6 Å². The van der Waals surface area contributed by atoms with Crippen molar-refractivity contribution in [2.24, 2.45) is 0 Å². The zero-order valence-corrected chi connectivity index (χ0v) is 80.3. The predicted molar refractivity (Wildman–Crippen MR) is 601 cm³/mol. The topological polar surface area (TPSA) is 50.4 Å². The van der Waals surface area contributed by atoms with Crippen molar-refractivity contribution < 1.29 is 0 Å². The minimum Gasteiger partial charge on any atom is -0.309 e. The van der Waals surface area contributed by atoms with Gasteiger partial charge in [0.1, 0.15) is 0 Å². The molecule has 21 aromatic carbocycles. The van der Waals surface area contributed by atoms with Gasteiger partial charge in [-0.05, 0) is 285 Å². The van der Waals surface area contributed by atoms with Crippen molar-refractivity contribution in [3.05, 3.63) is 476 Å². The molecule has 0 radical (unpaired) electrons. The van der Waals surface area contributed by atoms with E-state index in [1.165, 1.54) is 182 Å². The summed E-state index contributed by atoms with van der Waals surface area (Å²) in [6, 6.07) is 167. The molecule has 6 aromatic heterocycles. The highest BCUT2D eigenvalue weighted by molar-refractivity contribution is 6.22. The first-order valence-corrected chi connectivity index (χ1v) is 50.4. The molecule has 4 aliphatic carbocycles. The van der Waals surface area contributed by atoms with E-state index in [0.29, 0.717) is 5.82 Å². The third-order valence-corrected chi connectivity index (χ3v) is 33.2. The fraction of sp³-hybridized carbons (Fsp3) is 0.0657. The van der Waals surface area contributed by atoms with Gasteiger partial charge in [-0.25, -0.2) is 9.97 Å². The summed E-state index contributed by atoms with van der Waals surface area (Å²) in [4.78, 5) is 11.6. The molecule has 4 aliphatic rings. The Balaban J connectivity index is 0.516. The molecule has 144 heavy (non-hydrogen) atoms. The van der Waals surface area contributed by atoms with E-state index in [4.69, 9.17) is 9.97 Å². The summed E-state index contributed by atoms with van der Waals surface area (Å²) in [5.41, 5.74) is 49.3. The van der Waals surface area contributed by atoms with Crippen LogP contribution in [-0.2, 0) is 16.2 Å². The van der Waals surface area contributed by atoms with Crippen LogP contribution in [0.5, 0.6) is 0 Å². The molecule has 674 valence electrons. The fourth-order valence-corrected chi connectivity index (χ4v) is 26.4. The predicted octanol–water partition coefficient (Wildman–Crippen LogP) is 35.7. The molecule has 0 unspecified atom stereocenters. The first-order chi connectivity index (χ1) is 70.7. The molecule has 0 spiro atoms. The summed E-state index contributed by atoms with van der Waals surface area (Å²) in [6.45, 7) is 14.2. The van der Waals surface area contributed by atoms with E-state index in [0.717, 1.165) is 117 Å². The normalized spacial score (nSPS) is 13.8. The van der Waals surface area contributed by atoms with E-state index in [9.17, 15) is 0 Å². The SMILES string of the molecule is CC1(C)c2ccccc2-c2ccc(-n3c4ccccc4c4cc(-c5ccc6c(c5)c5ccccc5n6-c5cccc(-c6ccc7c8c(cccc68)-c6nc(-c8cccc(-n9c%10ccc(-c%11ccc%12c(c%11)c%11ccccc%11n%12-c%11ccc%12c(c%11)C(C)(C)c%11ccccc%11-%12)cc%10c%10cc(-c%11ccc%12c(c%11)c%11ccccc%11n%12-c%11ccc%12c(c%11)C(C)(C)c%11ccccc%11-%12)ccc%109)c8)nc(-c8ccccc8)c6-7)c5)ccc43)cc21. The number of aromatic nitrogens is 7. The largest absolute Gasteiger partial charge is 0.309 e. The average Bonchev–Trinajstić information content (AvgIpc) is 1.57. The Bertz CT molecular complexity index is 10100. The summed E-state index contributed by atoms with van der Waals surface area (Å²) in [6.07, 6.45) is 0. The molecule has 6 heterocycles. The summed E-state index contributed by atoms with van der Waals surface area (Å²) in [7, 11) is 0. The van der Waals surface area contributed by atoms with Crippen molar-refractivity contribution in [3.8, 4) is 151 Å². The average molecular weight is 1840 g/mol. The third kappa shape index (κ3) is 11.3. The van der Waals surface area contributed by atoms with Gasteiger partial charge in [0.25, 0.3) is 0 Å². The van der Waals surface area contributed by atoms with Crippen molar-refractivity contribution >= 4 is 120 Å². The van der Waals surface area contributed by atoms with E-state index in [2.05, 4.69) is 507 Å². The lowest BCUT2D eigenvalue weighted by Gasteiger charge is -2.22. The van der Waals surface area contributed by atoms with E-state index in [-0.39, 0.29) is 16.2 Å². The third-order valence-electron chi connectivity index (χ3n) is 33.2. The molecular formula is C137H91N7. The van der Waals surface area contributed by atoms with E-state index >= 15 is 0 Å². The van der Waals surface area contributed by atoms with Gasteiger partial charge in [0.2, 0.25) is 0 Å². The molecule has 0 saturated carbocycles. The molecule has 0 bridgehead atoms. The molecule has 0 N–H and O–H groups in total. The Morgan fingerprint density at radius 2 is 0.431 bits per heavy atom. The van der Waals surface area contributed by atoms with Crippen LogP contribution in [0.4, 0.5) is 0 Å². The molecule has 27 aromatic rings. The minimum absolute atomic E-state index is 0.111. The van der Waals surface area contributed by atoms with Crippen LogP contribution < -0.4 is 0 Å². The molecule has 0 atom stereocenters. The first-order valence-electron chi connectivity index (χ1n) is 50.4. The second-order valence-corrected chi connectivity index (χ2v) is 41.8. The minimum atomic E-state index is -0.139. The number of para-hydroxylation sites is 4. The molecule has 0 amide bonds. The Kier molecular flexibility index (Phi) is 16.6. The standard InChI is InChI=1S/C137H91N7/c1-135(2)114-42-17-10-33-95(114)98-58-55-91(77-117(98)135)142-121-46-21-14-37-102(121)109-72-82(50-64-125(109)142)81-49-63-124-108(71-81)101-36-13-20-45-120(101)140(124)89-31-24-29-87(69-89)94-61-62-106-130-105(94)40-26-41-107(130)133-131(106)132(80-27-8-7-9-28-80)138-134(139-133)88-30-25-32-90(70-88)141-128-67-53-85(83-51-65-126-110(73-83)103-38-15-22-47-122(103)143(126)92-56-59-99-96-34-11-18-43-115(96)136(3,4)118(99)78-92)75-112(128)113-76-86(54-68-129(113)141)84-52-66-127-111(74-84)104-39-16-23-48-123(104)144(127)93-57-60-100-97-35-12-19-44-116(97)137(5,6)119(100)79-93/h7-79H,1-6H3. The van der Waals surface area contributed by atoms with Crippen LogP contribution in [-0.4, -0.2) is 32.8 Å². The second kappa shape index (κ2) is 29.5. The van der Waals surface area contributed by atoms with Crippen LogP contribution in [0.15, 0.2) is 443 Å². The quantitative estimate of drug-likeness (QED) is 0.130. The van der Waals surface area contributed by atoms with Gasteiger partial charge in [-0.3, -0.25) is 0 Å². The smallest absolute Gasteiger partial charge is 0.160 e. The lowest BCUT2D eigenvalue weighted by molar-refractivity contribution is 0.660. The number of hydrogen-bond donors (Lipinski definition) is 0. The van der Waals surface area contributed by atoms with E-state index in [1.54, 1.807) is 0 Å². The van der Waals surface area contributed by atoms with Crippen molar-refractivity contribution in [2.75, 3.05) is 0 Å². The highest BCUT2D eigenvalue weighted by Crippen LogP contribution is 2.57. The highest BCUT2D eigenvalue weighted by Gasteiger charge is 2.40. The number of benzene rings is 21. The highest BCUT2D eigenvalue weighted by atomic mass is 15.0. The monoisotopic (exact) mass is 1830 g/mol.